The minimum Gasteiger partial charge on any atom is -0.453 e. The third kappa shape index (κ3) is 5.71. The van der Waals surface area contributed by atoms with E-state index in [1.807, 2.05) is 19.9 Å². The maximum absolute atomic E-state index is 15.1. The molecule has 4 heterocycles. The fraction of sp³-hybridized carbons (Fsp3) is 0.516. The zero-order valence-electron chi connectivity index (χ0n) is 23.8. The molecule has 1 N–H and O–H groups in total. The molecule has 3 aromatic rings. The Morgan fingerprint density at radius 3 is 2.46 bits per heavy atom. The van der Waals surface area contributed by atoms with Crippen molar-refractivity contribution in [2.45, 2.75) is 76.6 Å². The normalized spacial score (nSPS) is 20.4. The molecule has 1 saturated heterocycles. The molecule has 2 aliphatic heterocycles. The number of benzene rings is 1. The molecule has 41 heavy (non-hydrogen) atoms. The number of alkyl halides is 1. The first-order valence-corrected chi connectivity index (χ1v) is 14.7. The van der Waals surface area contributed by atoms with Crippen LogP contribution in [-0.2, 0) is 0 Å². The van der Waals surface area contributed by atoms with Crippen molar-refractivity contribution in [1.82, 2.24) is 19.9 Å². The number of anilines is 3. The number of likely N-dealkylation sites (tertiary alicyclic amines) is 1. The first-order valence-electron chi connectivity index (χ1n) is 14.7. The number of pyridine rings is 1. The number of hydrogen-bond acceptors (Lipinski definition) is 7. The molecule has 218 valence electrons. The van der Waals surface area contributed by atoms with Gasteiger partial charge < -0.3 is 19.9 Å². The van der Waals surface area contributed by atoms with E-state index in [2.05, 4.69) is 33.3 Å². The van der Waals surface area contributed by atoms with Gasteiger partial charge in [0.15, 0.2) is 17.4 Å². The average molecular weight is 567 g/mol. The quantitative estimate of drug-likeness (QED) is 0.347. The highest BCUT2D eigenvalue weighted by molar-refractivity contribution is 5.73. The molecule has 0 amide bonds. The van der Waals surface area contributed by atoms with Gasteiger partial charge in [-0.1, -0.05) is 18.9 Å². The van der Waals surface area contributed by atoms with E-state index in [1.54, 1.807) is 11.0 Å². The molecule has 1 atom stereocenters. The van der Waals surface area contributed by atoms with Crippen LogP contribution in [0.15, 0.2) is 30.5 Å². The maximum Gasteiger partial charge on any atom is 0.256 e. The second-order valence-corrected chi connectivity index (χ2v) is 11.8. The predicted molar refractivity (Wildman–Crippen MR) is 154 cm³/mol. The molecule has 0 radical (unpaired) electrons. The number of fused-ring (bicyclic) bond motifs is 1. The minimum absolute atomic E-state index is 0.0465. The Morgan fingerprint density at radius 1 is 0.976 bits per heavy atom. The van der Waals surface area contributed by atoms with E-state index < -0.39 is 18.0 Å². The summed E-state index contributed by atoms with van der Waals surface area (Å²) >= 11 is 0. The molecule has 1 unspecified atom stereocenters. The fourth-order valence-electron chi connectivity index (χ4n) is 6.44. The van der Waals surface area contributed by atoms with Crippen LogP contribution < -0.4 is 15.0 Å². The molecule has 6 rings (SSSR count). The number of rotatable bonds is 6. The van der Waals surface area contributed by atoms with Gasteiger partial charge in [0.1, 0.15) is 11.5 Å². The van der Waals surface area contributed by atoms with E-state index in [9.17, 15) is 4.39 Å². The minimum atomic E-state index is -1.65. The van der Waals surface area contributed by atoms with E-state index in [-0.39, 0.29) is 35.5 Å². The Balaban J connectivity index is 1.31. The third-order valence-corrected chi connectivity index (χ3v) is 8.66. The molecule has 2 fully saturated rings. The van der Waals surface area contributed by atoms with Crippen molar-refractivity contribution in [1.29, 1.82) is 0 Å². The molecule has 0 bridgehead atoms. The maximum atomic E-state index is 15.1. The van der Waals surface area contributed by atoms with Crippen molar-refractivity contribution in [3.63, 3.8) is 0 Å². The molecular formula is C31H37F3N6O. The summed E-state index contributed by atoms with van der Waals surface area (Å²) in [6, 6.07) is 6.73. The summed E-state index contributed by atoms with van der Waals surface area (Å²) in [4.78, 5) is 17.7. The van der Waals surface area contributed by atoms with Crippen molar-refractivity contribution in [3.8, 4) is 17.0 Å². The fourth-order valence-corrected chi connectivity index (χ4v) is 6.44. The van der Waals surface area contributed by atoms with Gasteiger partial charge in [-0.25, -0.2) is 23.7 Å². The lowest BCUT2D eigenvalue weighted by atomic mass is 9.85. The molecule has 0 spiro atoms. The van der Waals surface area contributed by atoms with Crippen molar-refractivity contribution < 1.29 is 17.9 Å². The van der Waals surface area contributed by atoms with Gasteiger partial charge in [0.25, 0.3) is 6.36 Å². The number of aromatic nitrogens is 3. The molecule has 1 saturated carbocycles. The van der Waals surface area contributed by atoms with Gasteiger partial charge in [-0.05, 0) is 89.3 Å². The van der Waals surface area contributed by atoms with Crippen LogP contribution in [0.4, 0.5) is 30.6 Å². The van der Waals surface area contributed by atoms with Crippen LogP contribution >= 0.6 is 0 Å². The molecule has 3 aliphatic rings. The molecule has 1 aromatic carbocycles. The number of hydrogen-bond donors (Lipinski definition) is 1. The molecule has 7 nitrogen and oxygen atoms in total. The zero-order chi connectivity index (χ0) is 28.7. The Bertz CT molecular complexity index is 1400. The lowest BCUT2D eigenvalue weighted by Crippen LogP contribution is -2.42. The van der Waals surface area contributed by atoms with Gasteiger partial charge in [0, 0.05) is 23.2 Å². The largest absolute Gasteiger partial charge is 0.453 e. The Kier molecular flexibility index (Phi) is 7.76. The van der Waals surface area contributed by atoms with Crippen LogP contribution in [0.5, 0.6) is 5.75 Å². The van der Waals surface area contributed by atoms with E-state index >= 15 is 8.78 Å². The summed E-state index contributed by atoms with van der Waals surface area (Å²) in [7, 11) is 2.17. The summed E-state index contributed by atoms with van der Waals surface area (Å²) in [5.41, 5.74) is 3.01. The molecule has 10 heteroatoms. The van der Waals surface area contributed by atoms with E-state index in [1.165, 1.54) is 18.4 Å². The van der Waals surface area contributed by atoms with Gasteiger partial charge in [-0.15, -0.1) is 0 Å². The first kappa shape index (κ1) is 27.8. The number of ether oxygens (including phenoxy) is 1. The number of nitrogens with zero attached hydrogens (tertiary/aromatic N) is 5. The highest BCUT2D eigenvalue weighted by atomic mass is 19.1. The monoisotopic (exact) mass is 566 g/mol. The van der Waals surface area contributed by atoms with Gasteiger partial charge in [0.2, 0.25) is 5.95 Å². The van der Waals surface area contributed by atoms with Crippen molar-refractivity contribution in [2.75, 3.05) is 36.9 Å². The number of piperidine rings is 1. The van der Waals surface area contributed by atoms with Crippen LogP contribution in [-0.4, -0.2) is 58.9 Å². The van der Waals surface area contributed by atoms with Gasteiger partial charge >= 0.3 is 0 Å². The first-order chi connectivity index (χ1) is 19.8. The van der Waals surface area contributed by atoms with E-state index in [0.29, 0.717) is 23.3 Å². The van der Waals surface area contributed by atoms with Gasteiger partial charge in [-0.2, -0.15) is 4.39 Å². The Hall–Kier alpha value is -3.40. The number of halogens is 3. The highest BCUT2D eigenvalue weighted by Crippen LogP contribution is 2.42. The lowest BCUT2D eigenvalue weighted by molar-refractivity contribution is 0.0591. The lowest BCUT2D eigenvalue weighted by Gasteiger charge is -2.36. The summed E-state index contributed by atoms with van der Waals surface area (Å²) in [6.07, 6.45) is 6.36. The van der Waals surface area contributed by atoms with Crippen molar-refractivity contribution in [2.24, 2.45) is 0 Å². The SMILES string of the molecule is CC(C)N1CC(F)Oc2c(F)cc(-c3nc(Nc4ccc(C5CCN(C)CC5)c(C5CCCC5)n4)ncc3F)cc21. The van der Waals surface area contributed by atoms with Crippen LogP contribution in [0.3, 0.4) is 0 Å². The molecule has 2 aromatic heterocycles. The summed E-state index contributed by atoms with van der Waals surface area (Å²) in [5.74, 6) is 0.0574. The predicted octanol–water partition coefficient (Wildman–Crippen LogP) is 6.93. The average Bonchev–Trinajstić information content (AvgIpc) is 3.50. The topological polar surface area (TPSA) is 66.4 Å². The summed E-state index contributed by atoms with van der Waals surface area (Å²) in [6.45, 7) is 5.88. The molecular weight excluding hydrogens is 529 g/mol. The second-order valence-electron chi connectivity index (χ2n) is 11.8. The Morgan fingerprint density at radius 2 is 1.73 bits per heavy atom. The van der Waals surface area contributed by atoms with Gasteiger partial charge in [0.05, 0.1) is 18.4 Å². The van der Waals surface area contributed by atoms with Gasteiger partial charge in [-0.3, -0.25) is 0 Å². The van der Waals surface area contributed by atoms with E-state index in [4.69, 9.17) is 9.72 Å². The van der Waals surface area contributed by atoms with Crippen LogP contribution in [0.1, 0.15) is 75.5 Å². The summed E-state index contributed by atoms with van der Waals surface area (Å²) < 4.78 is 49.4. The highest BCUT2D eigenvalue weighted by Gasteiger charge is 2.31. The second kappa shape index (κ2) is 11.5. The van der Waals surface area contributed by atoms with Crippen LogP contribution in [0, 0.1) is 11.6 Å². The van der Waals surface area contributed by atoms with Crippen molar-refractivity contribution in [3.05, 3.63) is 53.4 Å². The summed E-state index contributed by atoms with van der Waals surface area (Å²) in [5, 5.41) is 3.17. The number of nitrogens with one attached hydrogen (secondary N) is 1. The van der Waals surface area contributed by atoms with E-state index in [0.717, 1.165) is 56.7 Å². The smallest absolute Gasteiger partial charge is 0.256 e. The van der Waals surface area contributed by atoms with Crippen LogP contribution in [0.2, 0.25) is 0 Å². The van der Waals surface area contributed by atoms with Crippen LogP contribution in [0.25, 0.3) is 11.3 Å². The zero-order valence-corrected chi connectivity index (χ0v) is 23.8. The molecule has 1 aliphatic carbocycles. The third-order valence-electron chi connectivity index (χ3n) is 8.66. The van der Waals surface area contributed by atoms with Crippen molar-refractivity contribution >= 4 is 17.5 Å². The standard InChI is InChI=1S/C31H37F3N6O/c1-18(2)40-17-26(34)41-30-23(32)14-21(15-25(30)40)29-24(33)16-35-31(38-29)37-27-9-8-22(19-10-12-39(3)13-11-19)28(36-27)20-6-4-5-7-20/h8-9,14-16,18-20,26H,4-7,10-13,17H2,1-3H3,(H,35,36,37,38). The Labute approximate surface area is 239 Å².